The minimum Gasteiger partial charge on any atom is -0.382 e. The highest BCUT2D eigenvalue weighted by Crippen LogP contribution is 2.59. The number of nitriles is 1. The van der Waals surface area contributed by atoms with Crippen molar-refractivity contribution in [1.82, 2.24) is 0 Å². The Morgan fingerprint density at radius 3 is 2.85 bits per heavy atom. The molecule has 3 aliphatic rings. The molecule has 1 aromatic carbocycles. The van der Waals surface area contributed by atoms with Gasteiger partial charge in [0.15, 0.2) is 0 Å². The van der Waals surface area contributed by atoms with Crippen molar-refractivity contribution in [2.75, 3.05) is 5.32 Å². The molecule has 0 heterocycles. The molecule has 3 fully saturated rings. The summed E-state index contributed by atoms with van der Waals surface area (Å²) in [6.45, 7) is 0. The average molecular weight is 287 g/mol. The predicted molar refractivity (Wildman–Crippen MR) is 80.6 cm³/mol. The van der Waals surface area contributed by atoms with Gasteiger partial charge < -0.3 is 5.32 Å². The van der Waals surface area contributed by atoms with Crippen LogP contribution >= 0.6 is 11.6 Å². The topological polar surface area (TPSA) is 35.8 Å². The number of hydrogen-bond donors (Lipinski definition) is 1. The number of rotatable bonds is 2. The standard InChI is InChI=1S/C17H19ClN2/c18-16-5-4-12(6-11(16)9-19)20-17-8-10-7-15(17)14-3-1-2-13(10)14/h4-6,10,13-15,17,20H,1-3,7-8H2. The first-order chi connectivity index (χ1) is 9.76. The van der Waals surface area contributed by atoms with Gasteiger partial charge in [0.25, 0.3) is 0 Å². The number of hydrogen-bond acceptors (Lipinski definition) is 2. The minimum absolute atomic E-state index is 0.543. The van der Waals surface area contributed by atoms with Crippen molar-refractivity contribution in [2.24, 2.45) is 23.7 Å². The number of benzene rings is 1. The Morgan fingerprint density at radius 2 is 2.00 bits per heavy atom. The van der Waals surface area contributed by atoms with E-state index in [1.54, 1.807) is 0 Å². The van der Waals surface area contributed by atoms with Crippen LogP contribution in [-0.4, -0.2) is 6.04 Å². The van der Waals surface area contributed by atoms with E-state index in [-0.39, 0.29) is 0 Å². The van der Waals surface area contributed by atoms with Crippen LogP contribution in [0.15, 0.2) is 18.2 Å². The van der Waals surface area contributed by atoms with Crippen LogP contribution in [0.3, 0.4) is 0 Å². The molecule has 2 nitrogen and oxygen atoms in total. The van der Waals surface area contributed by atoms with Crippen LogP contribution in [0.1, 0.15) is 37.7 Å². The molecule has 0 saturated heterocycles. The Kier molecular flexibility index (Phi) is 2.93. The Labute approximate surface area is 125 Å². The molecule has 1 N–H and O–H groups in total. The number of nitrogens with zero attached hydrogens (tertiary/aromatic N) is 1. The van der Waals surface area contributed by atoms with Crippen LogP contribution in [-0.2, 0) is 0 Å². The highest BCUT2D eigenvalue weighted by Gasteiger charge is 2.53. The smallest absolute Gasteiger partial charge is 0.101 e. The van der Waals surface area contributed by atoms with E-state index in [4.69, 9.17) is 16.9 Å². The number of fused-ring (bicyclic) bond motifs is 5. The van der Waals surface area contributed by atoms with Gasteiger partial charge in [-0.05, 0) is 67.6 Å². The van der Waals surface area contributed by atoms with Gasteiger partial charge in [-0.15, -0.1) is 0 Å². The summed E-state index contributed by atoms with van der Waals surface area (Å²) in [7, 11) is 0. The Bertz CT molecular complexity index is 577. The maximum atomic E-state index is 9.07. The SMILES string of the molecule is N#Cc1cc(NC2CC3CC2C2CCCC32)ccc1Cl. The summed E-state index contributed by atoms with van der Waals surface area (Å²) in [5.41, 5.74) is 1.62. The molecule has 0 radical (unpaired) electrons. The van der Waals surface area contributed by atoms with Gasteiger partial charge >= 0.3 is 0 Å². The predicted octanol–water partition coefficient (Wildman–Crippen LogP) is 4.45. The van der Waals surface area contributed by atoms with Crippen molar-refractivity contribution < 1.29 is 0 Å². The summed E-state index contributed by atoms with van der Waals surface area (Å²) in [6.07, 6.45) is 7.09. The van der Waals surface area contributed by atoms with Gasteiger partial charge in [0.05, 0.1) is 10.6 Å². The lowest BCUT2D eigenvalue weighted by Gasteiger charge is -2.32. The van der Waals surface area contributed by atoms with Crippen LogP contribution in [0, 0.1) is 35.0 Å². The molecule has 1 aromatic rings. The summed E-state index contributed by atoms with van der Waals surface area (Å²) in [4.78, 5) is 0. The fraction of sp³-hybridized carbons (Fsp3) is 0.588. The second-order valence-electron chi connectivity index (χ2n) is 6.71. The van der Waals surface area contributed by atoms with E-state index in [1.165, 1.54) is 32.1 Å². The van der Waals surface area contributed by atoms with Crippen LogP contribution in [0.4, 0.5) is 5.69 Å². The molecule has 0 spiro atoms. The van der Waals surface area contributed by atoms with E-state index >= 15 is 0 Å². The molecule has 0 aliphatic heterocycles. The summed E-state index contributed by atoms with van der Waals surface area (Å²) in [6, 6.07) is 8.48. The molecular weight excluding hydrogens is 268 g/mol. The van der Waals surface area contributed by atoms with Crippen LogP contribution in [0.25, 0.3) is 0 Å². The molecule has 0 amide bonds. The summed E-state index contributed by atoms with van der Waals surface area (Å²) >= 11 is 6.00. The molecule has 3 heteroatoms. The third-order valence-corrected chi connectivity index (χ3v) is 6.20. The zero-order valence-corrected chi connectivity index (χ0v) is 12.2. The maximum Gasteiger partial charge on any atom is 0.101 e. The first kappa shape index (κ1) is 12.5. The molecule has 104 valence electrons. The third kappa shape index (κ3) is 1.84. The quantitative estimate of drug-likeness (QED) is 0.872. The summed E-state index contributed by atoms with van der Waals surface area (Å²) in [5, 5.41) is 13.3. The van der Waals surface area contributed by atoms with Gasteiger partial charge in [0.1, 0.15) is 6.07 Å². The van der Waals surface area contributed by atoms with Gasteiger partial charge in [-0.2, -0.15) is 5.26 Å². The first-order valence-corrected chi connectivity index (χ1v) is 8.10. The molecule has 3 aliphatic carbocycles. The van der Waals surface area contributed by atoms with Crippen molar-refractivity contribution in [3.8, 4) is 6.07 Å². The third-order valence-electron chi connectivity index (χ3n) is 5.87. The van der Waals surface area contributed by atoms with Crippen molar-refractivity contribution in [1.29, 1.82) is 5.26 Å². The molecule has 3 saturated carbocycles. The van der Waals surface area contributed by atoms with Crippen molar-refractivity contribution in [3.63, 3.8) is 0 Å². The van der Waals surface area contributed by atoms with Gasteiger partial charge in [-0.25, -0.2) is 0 Å². The number of anilines is 1. The van der Waals surface area contributed by atoms with Gasteiger partial charge in [0.2, 0.25) is 0 Å². The van der Waals surface area contributed by atoms with E-state index in [1.807, 2.05) is 18.2 Å². The van der Waals surface area contributed by atoms with Crippen LogP contribution in [0.5, 0.6) is 0 Å². The minimum atomic E-state index is 0.543. The molecule has 2 bridgehead atoms. The lowest BCUT2D eigenvalue weighted by molar-refractivity contribution is 0.243. The highest BCUT2D eigenvalue weighted by molar-refractivity contribution is 6.31. The normalized spacial score (nSPS) is 37.7. The number of halogens is 1. The molecule has 4 rings (SSSR count). The van der Waals surface area contributed by atoms with E-state index in [0.717, 1.165) is 29.4 Å². The lowest BCUT2D eigenvalue weighted by atomic mass is 9.79. The maximum absolute atomic E-state index is 9.07. The second-order valence-corrected chi connectivity index (χ2v) is 7.12. The van der Waals surface area contributed by atoms with Gasteiger partial charge in [-0.1, -0.05) is 18.0 Å². The summed E-state index contributed by atoms with van der Waals surface area (Å²) < 4.78 is 0. The Morgan fingerprint density at radius 1 is 1.15 bits per heavy atom. The molecule has 0 aromatic heterocycles. The zero-order chi connectivity index (χ0) is 13.7. The van der Waals surface area contributed by atoms with E-state index in [9.17, 15) is 0 Å². The molecular formula is C17H19ClN2. The Balaban J connectivity index is 1.52. The number of nitrogens with one attached hydrogen (secondary N) is 1. The van der Waals surface area contributed by atoms with Crippen molar-refractivity contribution in [3.05, 3.63) is 28.8 Å². The second kappa shape index (κ2) is 4.67. The fourth-order valence-corrected chi connectivity index (χ4v) is 5.31. The summed E-state index contributed by atoms with van der Waals surface area (Å²) in [5.74, 6) is 3.80. The van der Waals surface area contributed by atoms with E-state index < -0.39 is 0 Å². The van der Waals surface area contributed by atoms with Crippen molar-refractivity contribution in [2.45, 2.75) is 38.1 Å². The molecule has 5 atom stereocenters. The zero-order valence-electron chi connectivity index (χ0n) is 11.5. The van der Waals surface area contributed by atoms with Crippen molar-refractivity contribution >= 4 is 17.3 Å². The molecule has 20 heavy (non-hydrogen) atoms. The molecule has 5 unspecified atom stereocenters. The van der Waals surface area contributed by atoms with Gasteiger partial charge in [-0.3, -0.25) is 0 Å². The van der Waals surface area contributed by atoms with Crippen LogP contribution in [0.2, 0.25) is 5.02 Å². The Hall–Kier alpha value is -1.20. The van der Waals surface area contributed by atoms with Gasteiger partial charge in [0, 0.05) is 11.7 Å². The average Bonchev–Trinajstić information content (AvgIpc) is 3.12. The fourth-order valence-electron chi connectivity index (χ4n) is 5.15. The van der Waals surface area contributed by atoms with E-state index in [2.05, 4.69) is 11.4 Å². The monoisotopic (exact) mass is 286 g/mol. The van der Waals surface area contributed by atoms with E-state index in [0.29, 0.717) is 16.6 Å². The van der Waals surface area contributed by atoms with Crippen LogP contribution < -0.4 is 5.32 Å². The largest absolute Gasteiger partial charge is 0.382 e. The lowest BCUT2D eigenvalue weighted by Crippen LogP contribution is -2.33. The highest BCUT2D eigenvalue weighted by atomic mass is 35.5. The first-order valence-electron chi connectivity index (χ1n) is 7.72.